The molecule has 47 heavy (non-hydrogen) atoms. The SMILES string of the molecule is C=C(/C(C)=C(/C=C\CC)OC)/C(C(=O)OC1C(C)=CC(CCC)([C@H](C)CC2NC2(C)C)C1(O)C1OC(C)(C)OC/C1=C/CC)=C(/C)O. The Kier molecular flexibility index (Phi) is 12.3. The number of aliphatic hydroxyl groups excluding tert-OH is 1. The van der Waals surface area contributed by atoms with Crippen LogP contribution in [0.3, 0.4) is 0 Å². The van der Waals surface area contributed by atoms with Crippen LogP contribution in [0.15, 0.2) is 70.3 Å². The van der Waals surface area contributed by atoms with Gasteiger partial charge in [-0.1, -0.05) is 58.9 Å². The number of esters is 1. The summed E-state index contributed by atoms with van der Waals surface area (Å²) in [7, 11) is 1.55. The standard InChI is InChI=1S/C39H61NO7/c1-14-17-19-30(44-13)26(6)27(7)32(28(8)41)35(42)46-33-24(4)22-38(20-16-3,25(5)21-31-36(9,10)40-31)39(33,43)34-29(18-15-2)23-45-37(11,12)47-34/h17-19,22,25,31,33-34,40-41,43H,7,14-16,20-21,23H2,1-6,8-13H3/b19-17-,29-18-,30-26-,32-28+/t25-,31?,33?,34?,38?,39?/m1/s1. The van der Waals surface area contributed by atoms with Crippen molar-refractivity contribution in [1.82, 2.24) is 5.32 Å². The third kappa shape index (κ3) is 7.66. The maximum Gasteiger partial charge on any atom is 0.342 e. The number of hydrogen-bond donors (Lipinski definition) is 3. The molecule has 0 aromatic rings. The zero-order valence-electron chi connectivity index (χ0n) is 31.0. The van der Waals surface area contributed by atoms with Gasteiger partial charge in [0.05, 0.1) is 13.7 Å². The van der Waals surface area contributed by atoms with Crippen LogP contribution >= 0.6 is 0 Å². The lowest BCUT2D eigenvalue weighted by Crippen LogP contribution is -2.67. The Labute approximate surface area is 283 Å². The van der Waals surface area contributed by atoms with Crippen molar-refractivity contribution in [2.45, 2.75) is 143 Å². The summed E-state index contributed by atoms with van der Waals surface area (Å²) in [5.41, 5.74) is -0.120. The summed E-state index contributed by atoms with van der Waals surface area (Å²) < 4.78 is 24.8. The number of methoxy groups -OCH3 is 1. The van der Waals surface area contributed by atoms with Crippen LogP contribution in [0.5, 0.6) is 0 Å². The van der Waals surface area contributed by atoms with E-state index >= 15 is 0 Å². The number of nitrogens with one attached hydrogen (secondary N) is 1. The summed E-state index contributed by atoms with van der Waals surface area (Å²) in [4.78, 5) is 14.3. The molecule has 0 amide bonds. The van der Waals surface area contributed by atoms with Gasteiger partial charge in [-0.15, -0.1) is 0 Å². The van der Waals surface area contributed by atoms with Gasteiger partial charge in [-0.25, -0.2) is 4.79 Å². The number of carbonyl (C=O) groups excluding carboxylic acids is 1. The Balaban J connectivity index is 2.20. The van der Waals surface area contributed by atoms with Gasteiger partial charge < -0.3 is 34.5 Å². The molecule has 3 aliphatic rings. The maximum absolute atomic E-state index is 14.3. The first kappa shape index (κ1) is 38.8. The average molecular weight is 656 g/mol. The molecular weight excluding hydrogens is 594 g/mol. The third-order valence-corrected chi connectivity index (χ3v) is 10.3. The molecule has 0 aromatic carbocycles. The number of aliphatic hydroxyl groups is 2. The summed E-state index contributed by atoms with van der Waals surface area (Å²) in [5, 5.41) is 28.0. The Morgan fingerprint density at radius 2 is 1.83 bits per heavy atom. The molecular formula is C39H61NO7. The van der Waals surface area contributed by atoms with E-state index in [1.807, 2.05) is 52.8 Å². The van der Waals surface area contributed by atoms with Gasteiger partial charge in [0.25, 0.3) is 0 Å². The molecule has 1 aliphatic carbocycles. The van der Waals surface area contributed by atoms with E-state index in [2.05, 4.69) is 45.7 Å². The Hall–Kier alpha value is -2.65. The highest BCUT2D eigenvalue weighted by molar-refractivity contribution is 5.95. The lowest BCUT2D eigenvalue weighted by atomic mass is 9.59. The number of rotatable bonds is 14. The number of hydrogen-bond acceptors (Lipinski definition) is 8. The molecule has 0 radical (unpaired) electrons. The Morgan fingerprint density at radius 1 is 1.19 bits per heavy atom. The summed E-state index contributed by atoms with van der Waals surface area (Å²) in [6.07, 6.45) is 9.85. The molecule has 0 aromatic heterocycles. The fourth-order valence-electron chi connectivity index (χ4n) is 7.64. The summed E-state index contributed by atoms with van der Waals surface area (Å²) >= 11 is 0. The van der Waals surface area contributed by atoms with Crippen LogP contribution in [0.1, 0.15) is 108 Å². The normalized spacial score (nSPS) is 32.4. The number of ether oxygens (including phenoxy) is 4. The van der Waals surface area contributed by atoms with Crippen molar-refractivity contribution in [3.63, 3.8) is 0 Å². The molecule has 0 bridgehead atoms. The van der Waals surface area contributed by atoms with Crippen LogP contribution in [0, 0.1) is 11.3 Å². The van der Waals surface area contributed by atoms with Gasteiger partial charge in [-0.05, 0) is 108 Å². The molecule has 6 atom stereocenters. The van der Waals surface area contributed by atoms with Gasteiger partial charge in [0.15, 0.2) is 11.9 Å². The van der Waals surface area contributed by atoms with E-state index in [1.165, 1.54) is 6.92 Å². The third-order valence-electron chi connectivity index (χ3n) is 10.3. The van der Waals surface area contributed by atoms with E-state index in [0.717, 1.165) is 36.8 Å². The van der Waals surface area contributed by atoms with Crippen molar-refractivity contribution in [3.05, 3.63) is 70.3 Å². The highest BCUT2D eigenvalue weighted by Gasteiger charge is 2.68. The molecule has 264 valence electrons. The zero-order valence-corrected chi connectivity index (χ0v) is 31.0. The van der Waals surface area contributed by atoms with Gasteiger partial charge in [-0.3, -0.25) is 0 Å². The van der Waals surface area contributed by atoms with Crippen LogP contribution in [0.4, 0.5) is 0 Å². The van der Waals surface area contributed by atoms with Gasteiger partial charge in [0, 0.05) is 17.0 Å². The van der Waals surface area contributed by atoms with E-state index in [1.54, 1.807) is 14.0 Å². The highest BCUT2D eigenvalue weighted by Crippen LogP contribution is 2.59. The molecule has 3 rings (SSSR count). The fourth-order valence-corrected chi connectivity index (χ4v) is 7.64. The minimum absolute atomic E-state index is 0.00726. The van der Waals surface area contributed by atoms with Crippen LogP contribution < -0.4 is 5.32 Å². The van der Waals surface area contributed by atoms with Crippen LogP contribution in [0.2, 0.25) is 0 Å². The molecule has 0 saturated carbocycles. The van der Waals surface area contributed by atoms with E-state index in [4.69, 9.17) is 18.9 Å². The van der Waals surface area contributed by atoms with Crippen molar-refractivity contribution in [2.24, 2.45) is 11.3 Å². The molecule has 2 aliphatic heterocycles. The second kappa shape index (κ2) is 14.9. The van der Waals surface area contributed by atoms with Crippen molar-refractivity contribution in [3.8, 4) is 0 Å². The largest absolute Gasteiger partial charge is 0.512 e. The van der Waals surface area contributed by atoms with Crippen molar-refractivity contribution < 1.29 is 34.0 Å². The van der Waals surface area contributed by atoms with E-state index < -0.39 is 35.0 Å². The molecule has 5 unspecified atom stereocenters. The molecule has 8 nitrogen and oxygen atoms in total. The van der Waals surface area contributed by atoms with Crippen molar-refractivity contribution >= 4 is 5.97 Å². The number of carbonyl (C=O) groups is 1. The average Bonchev–Trinajstić information content (AvgIpc) is 3.53. The minimum atomic E-state index is -1.69. The first-order chi connectivity index (χ1) is 21.9. The maximum atomic E-state index is 14.3. The van der Waals surface area contributed by atoms with Crippen LogP contribution in [-0.2, 0) is 23.7 Å². The predicted octanol–water partition coefficient (Wildman–Crippen LogP) is 7.92. The molecule has 8 heteroatoms. The van der Waals surface area contributed by atoms with Gasteiger partial charge in [0.2, 0.25) is 0 Å². The monoisotopic (exact) mass is 655 g/mol. The lowest BCUT2D eigenvalue weighted by Gasteiger charge is -2.54. The van der Waals surface area contributed by atoms with Gasteiger partial charge in [0.1, 0.15) is 28.8 Å². The van der Waals surface area contributed by atoms with Crippen molar-refractivity contribution in [1.29, 1.82) is 0 Å². The minimum Gasteiger partial charge on any atom is -0.512 e. The second-order valence-corrected chi connectivity index (χ2v) is 14.7. The van der Waals surface area contributed by atoms with E-state index in [0.29, 0.717) is 23.8 Å². The van der Waals surface area contributed by atoms with Gasteiger partial charge in [-0.2, -0.15) is 0 Å². The van der Waals surface area contributed by atoms with Crippen LogP contribution in [-0.4, -0.2) is 65.1 Å². The Morgan fingerprint density at radius 3 is 2.34 bits per heavy atom. The molecule has 0 spiro atoms. The molecule has 3 N–H and O–H groups in total. The smallest absolute Gasteiger partial charge is 0.342 e. The summed E-state index contributed by atoms with van der Waals surface area (Å²) in [6.45, 7) is 26.0. The van der Waals surface area contributed by atoms with Gasteiger partial charge >= 0.3 is 5.97 Å². The van der Waals surface area contributed by atoms with E-state index in [9.17, 15) is 15.0 Å². The topological polar surface area (TPSA) is 116 Å². The first-order valence-electron chi connectivity index (χ1n) is 17.3. The molecule has 2 heterocycles. The van der Waals surface area contributed by atoms with E-state index in [-0.39, 0.29) is 35.0 Å². The molecule has 2 saturated heterocycles. The van der Waals surface area contributed by atoms with Crippen LogP contribution in [0.25, 0.3) is 0 Å². The molecule has 2 fully saturated rings. The zero-order chi connectivity index (χ0) is 35.5. The predicted molar refractivity (Wildman–Crippen MR) is 188 cm³/mol. The highest BCUT2D eigenvalue weighted by atomic mass is 16.7. The number of allylic oxidation sites excluding steroid dienone is 5. The fraction of sp³-hybridized carbons (Fsp3) is 0.667. The Bertz CT molecular complexity index is 1340. The quantitative estimate of drug-likeness (QED) is 0.0432. The summed E-state index contributed by atoms with van der Waals surface area (Å²) in [5.74, 6) is -1.48. The summed E-state index contributed by atoms with van der Waals surface area (Å²) in [6, 6.07) is 0.296. The van der Waals surface area contributed by atoms with Crippen molar-refractivity contribution in [2.75, 3.05) is 13.7 Å². The lowest BCUT2D eigenvalue weighted by molar-refractivity contribution is -0.308. The first-order valence-corrected chi connectivity index (χ1v) is 17.3. The second-order valence-electron chi connectivity index (χ2n) is 14.7.